The van der Waals surface area contributed by atoms with Gasteiger partial charge >= 0.3 is 0 Å². The van der Waals surface area contributed by atoms with Crippen molar-refractivity contribution in [2.75, 3.05) is 19.0 Å². The van der Waals surface area contributed by atoms with Gasteiger partial charge in [-0.05, 0) is 19.1 Å². The lowest BCUT2D eigenvalue weighted by molar-refractivity contribution is -0.118. The van der Waals surface area contributed by atoms with Gasteiger partial charge < -0.3 is 19.9 Å². The van der Waals surface area contributed by atoms with Gasteiger partial charge in [-0.3, -0.25) is 9.59 Å². The molecule has 0 radical (unpaired) electrons. The summed E-state index contributed by atoms with van der Waals surface area (Å²) in [6.45, 7) is 1.48. The van der Waals surface area contributed by atoms with E-state index in [1.54, 1.807) is 37.3 Å². The Morgan fingerprint density at radius 1 is 1.33 bits per heavy atom. The second-order valence-corrected chi connectivity index (χ2v) is 4.23. The summed E-state index contributed by atoms with van der Waals surface area (Å²) in [7, 11) is 1.53. The maximum Gasteiger partial charge on any atom is 0.263 e. The number of rotatable bonds is 5. The van der Waals surface area contributed by atoms with Gasteiger partial charge in [0.25, 0.3) is 11.8 Å². The third-order valence-electron chi connectivity index (χ3n) is 2.61. The van der Waals surface area contributed by atoms with Crippen LogP contribution in [0, 0.1) is 6.92 Å². The van der Waals surface area contributed by atoms with Gasteiger partial charge in [-0.25, -0.2) is 0 Å². The molecule has 0 unspecified atom stereocenters. The Kier molecular flexibility index (Phi) is 4.55. The molecule has 110 valence electrons. The number of nitrogens with one attached hydrogen (secondary N) is 2. The number of ether oxygens (including phenoxy) is 1. The summed E-state index contributed by atoms with van der Waals surface area (Å²) >= 11 is 0. The molecule has 0 fully saturated rings. The van der Waals surface area contributed by atoms with Crippen molar-refractivity contribution in [3.05, 3.63) is 41.7 Å². The molecule has 2 N–H and O–H groups in total. The van der Waals surface area contributed by atoms with Crippen LogP contribution in [0.25, 0.3) is 0 Å². The summed E-state index contributed by atoms with van der Waals surface area (Å²) in [5.74, 6) is 0.577. The van der Waals surface area contributed by atoms with E-state index >= 15 is 0 Å². The van der Waals surface area contributed by atoms with Crippen LogP contribution in [0.3, 0.4) is 0 Å². The minimum Gasteiger partial charge on any atom is -0.483 e. The standard InChI is InChI=1S/C14H15N3O4/c1-9-7-12(17-21-9)16-13(18)8-20-11-6-4-3-5-10(11)14(19)15-2/h3-7H,8H2,1-2H3,(H,15,19)(H,16,17,18). The van der Waals surface area contributed by atoms with Gasteiger partial charge in [-0.2, -0.15) is 0 Å². The minimum atomic E-state index is -0.394. The van der Waals surface area contributed by atoms with Crippen molar-refractivity contribution in [1.29, 1.82) is 0 Å². The highest BCUT2D eigenvalue weighted by molar-refractivity contribution is 5.97. The first-order valence-electron chi connectivity index (χ1n) is 6.27. The molecule has 2 rings (SSSR count). The zero-order valence-electron chi connectivity index (χ0n) is 11.7. The van der Waals surface area contributed by atoms with E-state index in [9.17, 15) is 9.59 Å². The van der Waals surface area contributed by atoms with Crippen molar-refractivity contribution in [3.8, 4) is 5.75 Å². The lowest BCUT2D eigenvalue weighted by Crippen LogP contribution is -2.23. The van der Waals surface area contributed by atoms with E-state index in [1.165, 1.54) is 7.05 Å². The lowest BCUT2D eigenvalue weighted by atomic mass is 10.2. The molecule has 1 aromatic carbocycles. The summed E-state index contributed by atoms with van der Waals surface area (Å²) in [5.41, 5.74) is 0.366. The number of hydrogen-bond donors (Lipinski definition) is 2. The molecule has 0 saturated heterocycles. The number of nitrogens with zero attached hydrogens (tertiary/aromatic N) is 1. The van der Waals surface area contributed by atoms with E-state index in [-0.39, 0.29) is 12.5 Å². The number of hydrogen-bond acceptors (Lipinski definition) is 5. The number of para-hydroxylation sites is 1. The monoisotopic (exact) mass is 289 g/mol. The van der Waals surface area contributed by atoms with Crippen LogP contribution in [0.2, 0.25) is 0 Å². The van der Waals surface area contributed by atoms with Crippen LogP contribution in [0.1, 0.15) is 16.1 Å². The summed E-state index contributed by atoms with van der Waals surface area (Å²) in [6.07, 6.45) is 0. The molecular weight excluding hydrogens is 274 g/mol. The van der Waals surface area contributed by atoms with Crippen LogP contribution in [-0.2, 0) is 4.79 Å². The van der Waals surface area contributed by atoms with Crippen molar-refractivity contribution >= 4 is 17.6 Å². The zero-order valence-corrected chi connectivity index (χ0v) is 11.7. The third kappa shape index (κ3) is 3.82. The third-order valence-corrected chi connectivity index (χ3v) is 2.61. The smallest absolute Gasteiger partial charge is 0.263 e. The van der Waals surface area contributed by atoms with Crippen LogP contribution in [0.4, 0.5) is 5.82 Å². The summed E-state index contributed by atoms with van der Waals surface area (Å²) in [4.78, 5) is 23.4. The second kappa shape index (κ2) is 6.56. The van der Waals surface area contributed by atoms with Crippen LogP contribution < -0.4 is 15.4 Å². The average Bonchev–Trinajstić information content (AvgIpc) is 2.89. The number of aryl methyl sites for hydroxylation is 1. The molecule has 21 heavy (non-hydrogen) atoms. The molecule has 0 aliphatic rings. The Bertz CT molecular complexity index is 651. The van der Waals surface area contributed by atoms with E-state index in [0.717, 1.165) is 0 Å². The first-order valence-corrected chi connectivity index (χ1v) is 6.27. The minimum absolute atomic E-state index is 0.236. The summed E-state index contributed by atoms with van der Waals surface area (Å²) < 4.78 is 10.2. The van der Waals surface area contributed by atoms with Crippen LogP contribution in [0.15, 0.2) is 34.9 Å². The molecule has 0 bridgehead atoms. The molecule has 7 nitrogen and oxygen atoms in total. The van der Waals surface area contributed by atoms with Crippen LogP contribution in [-0.4, -0.2) is 30.6 Å². The average molecular weight is 289 g/mol. The van der Waals surface area contributed by atoms with Crippen LogP contribution in [0.5, 0.6) is 5.75 Å². The second-order valence-electron chi connectivity index (χ2n) is 4.23. The van der Waals surface area contributed by atoms with Gasteiger partial charge in [0.2, 0.25) is 0 Å². The lowest BCUT2D eigenvalue weighted by Gasteiger charge is -2.09. The molecule has 0 atom stereocenters. The van der Waals surface area contributed by atoms with E-state index in [1.807, 2.05) is 0 Å². The van der Waals surface area contributed by atoms with E-state index in [4.69, 9.17) is 9.26 Å². The predicted octanol–water partition coefficient (Wildman–Crippen LogP) is 1.36. The molecule has 0 aliphatic heterocycles. The highest BCUT2D eigenvalue weighted by Gasteiger charge is 2.12. The first-order chi connectivity index (χ1) is 10.1. The SMILES string of the molecule is CNC(=O)c1ccccc1OCC(=O)Nc1cc(C)on1. The number of anilines is 1. The molecule has 0 spiro atoms. The number of carbonyl (C=O) groups excluding carboxylic acids is 2. The zero-order chi connectivity index (χ0) is 15.2. The molecule has 2 aromatic rings. The number of amides is 2. The normalized spacial score (nSPS) is 10.0. The Morgan fingerprint density at radius 3 is 2.76 bits per heavy atom. The van der Waals surface area contributed by atoms with Crippen molar-refractivity contribution in [2.45, 2.75) is 6.92 Å². The maximum absolute atomic E-state index is 11.7. The summed E-state index contributed by atoms with van der Waals surface area (Å²) in [5, 5.41) is 8.68. The van der Waals surface area contributed by atoms with Crippen molar-refractivity contribution < 1.29 is 18.8 Å². The van der Waals surface area contributed by atoms with Crippen molar-refractivity contribution in [2.24, 2.45) is 0 Å². The van der Waals surface area contributed by atoms with E-state index in [2.05, 4.69) is 15.8 Å². The Hall–Kier alpha value is -2.83. The fourth-order valence-electron chi connectivity index (χ4n) is 1.66. The Morgan fingerprint density at radius 2 is 2.10 bits per heavy atom. The Labute approximate surface area is 121 Å². The predicted molar refractivity (Wildman–Crippen MR) is 75.2 cm³/mol. The summed E-state index contributed by atoms with van der Waals surface area (Å²) in [6, 6.07) is 8.28. The van der Waals surface area contributed by atoms with Gasteiger partial charge in [-0.1, -0.05) is 17.3 Å². The number of benzene rings is 1. The quantitative estimate of drug-likeness (QED) is 0.866. The van der Waals surface area contributed by atoms with Gasteiger partial charge in [0.15, 0.2) is 12.4 Å². The highest BCUT2D eigenvalue weighted by Crippen LogP contribution is 2.17. The fraction of sp³-hybridized carbons (Fsp3) is 0.214. The number of aromatic nitrogens is 1. The van der Waals surface area contributed by atoms with E-state index < -0.39 is 5.91 Å². The molecule has 2 amide bonds. The topological polar surface area (TPSA) is 93.5 Å². The first kappa shape index (κ1) is 14.6. The fourth-order valence-corrected chi connectivity index (χ4v) is 1.66. The van der Waals surface area contributed by atoms with Crippen molar-refractivity contribution in [3.63, 3.8) is 0 Å². The van der Waals surface area contributed by atoms with Gasteiger partial charge in [-0.15, -0.1) is 0 Å². The number of carbonyl (C=O) groups is 2. The van der Waals surface area contributed by atoms with Gasteiger partial charge in [0.1, 0.15) is 11.5 Å². The highest BCUT2D eigenvalue weighted by atomic mass is 16.5. The molecule has 0 saturated carbocycles. The van der Waals surface area contributed by atoms with E-state index in [0.29, 0.717) is 22.9 Å². The Balaban J connectivity index is 1.96. The maximum atomic E-state index is 11.7. The van der Waals surface area contributed by atoms with Crippen LogP contribution >= 0.6 is 0 Å². The molecule has 1 heterocycles. The van der Waals surface area contributed by atoms with Crippen molar-refractivity contribution in [1.82, 2.24) is 10.5 Å². The molecular formula is C14H15N3O4. The van der Waals surface area contributed by atoms with Gasteiger partial charge in [0.05, 0.1) is 5.56 Å². The molecule has 0 aliphatic carbocycles. The molecule has 7 heteroatoms. The molecule has 1 aromatic heterocycles. The van der Waals surface area contributed by atoms with Gasteiger partial charge in [0, 0.05) is 13.1 Å². The largest absolute Gasteiger partial charge is 0.483 e.